The molecule has 3 heteroatoms. The van der Waals surface area contributed by atoms with Gasteiger partial charge in [0, 0.05) is 48.0 Å². The van der Waals surface area contributed by atoms with Crippen LogP contribution in [0.25, 0.3) is 0 Å². The third-order valence-electron chi connectivity index (χ3n) is 3.47. The van der Waals surface area contributed by atoms with Crippen molar-refractivity contribution in [3.8, 4) is 0 Å². The zero-order valence-electron chi connectivity index (χ0n) is 13.4. The number of hydrogen-bond donors (Lipinski definition) is 1. The topological polar surface area (TPSA) is 28.2 Å². The molecule has 0 aliphatic rings. The van der Waals surface area contributed by atoms with Crippen LogP contribution in [0.15, 0.2) is 42.6 Å². The van der Waals surface area contributed by atoms with Crippen molar-refractivity contribution >= 4 is 11.4 Å². The van der Waals surface area contributed by atoms with Crippen molar-refractivity contribution in [3.05, 3.63) is 53.9 Å². The van der Waals surface area contributed by atoms with Gasteiger partial charge in [-0.25, -0.2) is 0 Å². The molecule has 0 aliphatic heterocycles. The molecule has 0 aliphatic carbocycles. The van der Waals surface area contributed by atoms with E-state index in [-0.39, 0.29) is 0 Å². The zero-order valence-corrected chi connectivity index (χ0v) is 13.4. The SMILES string of the molecule is CCN(c1ccccc1)c1cc(C)ncc1CNC(C)C. The van der Waals surface area contributed by atoms with Crippen LogP contribution >= 0.6 is 0 Å². The van der Waals surface area contributed by atoms with E-state index in [1.54, 1.807) is 0 Å². The van der Waals surface area contributed by atoms with Gasteiger partial charge in [-0.05, 0) is 32.0 Å². The molecule has 0 saturated carbocycles. The van der Waals surface area contributed by atoms with Gasteiger partial charge in [-0.3, -0.25) is 4.98 Å². The molecule has 2 aromatic rings. The third-order valence-corrected chi connectivity index (χ3v) is 3.47. The molecule has 0 spiro atoms. The monoisotopic (exact) mass is 283 g/mol. The lowest BCUT2D eigenvalue weighted by molar-refractivity contribution is 0.587. The number of benzene rings is 1. The highest BCUT2D eigenvalue weighted by Crippen LogP contribution is 2.28. The maximum absolute atomic E-state index is 4.46. The second-order valence-corrected chi connectivity index (χ2v) is 5.57. The Morgan fingerprint density at radius 1 is 1.19 bits per heavy atom. The average Bonchev–Trinajstić information content (AvgIpc) is 2.48. The quantitative estimate of drug-likeness (QED) is 0.867. The van der Waals surface area contributed by atoms with Crippen LogP contribution in [0.2, 0.25) is 0 Å². The molecule has 1 aromatic heterocycles. The molecule has 0 unspecified atom stereocenters. The lowest BCUT2D eigenvalue weighted by Gasteiger charge is -2.26. The van der Waals surface area contributed by atoms with Crippen LogP contribution in [0, 0.1) is 6.92 Å². The van der Waals surface area contributed by atoms with E-state index in [0.29, 0.717) is 6.04 Å². The Morgan fingerprint density at radius 2 is 1.90 bits per heavy atom. The third kappa shape index (κ3) is 4.05. The van der Waals surface area contributed by atoms with Crippen LogP contribution in [0.3, 0.4) is 0 Å². The van der Waals surface area contributed by atoms with E-state index in [1.807, 2.05) is 13.1 Å². The summed E-state index contributed by atoms with van der Waals surface area (Å²) in [5.41, 5.74) is 4.74. The summed E-state index contributed by atoms with van der Waals surface area (Å²) in [7, 11) is 0. The first-order chi connectivity index (χ1) is 10.1. The molecule has 0 fully saturated rings. The minimum absolute atomic E-state index is 0.464. The van der Waals surface area contributed by atoms with E-state index in [0.717, 1.165) is 18.8 Å². The van der Waals surface area contributed by atoms with E-state index in [1.165, 1.54) is 16.9 Å². The van der Waals surface area contributed by atoms with Gasteiger partial charge < -0.3 is 10.2 Å². The van der Waals surface area contributed by atoms with Crippen LogP contribution < -0.4 is 10.2 Å². The average molecular weight is 283 g/mol. The Morgan fingerprint density at radius 3 is 2.52 bits per heavy atom. The van der Waals surface area contributed by atoms with Crippen LogP contribution in [-0.2, 0) is 6.54 Å². The highest BCUT2D eigenvalue weighted by Gasteiger charge is 2.12. The van der Waals surface area contributed by atoms with Gasteiger partial charge in [-0.15, -0.1) is 0 Å². The molecule has 0 amide bonds. The lowest BCUT2D eigenvalue weighted by Crippen LogP contribution is -2.25. The standard InChI is InChI=1S/C18H25N3/c1-5-21(17-9-7-6-8-10-17)18-11-15(4)20-13-16(18)12-19-14(2)3/h6-11,13-14,19H,5,12H2,1-4H3. The van der Waals surface area contributed by atoms with Crippen molar-refractivity contribution in [2.24, 2.45) is 0 Å². The first kappa shape index (κ1) is 15.5. The van der Waals surface area contributed by atoms with Crippen molar-refractivity contribution < 1.29 is 0 Å². The molecular formula is C18H25N3. The Hall–Kier alpha value is -1.87. The van der Waals surface area contributed by atoms with Crippen LogP contribution in [0.1, 0.15) is 32.0 Å². The molecule has 1 heterocycles. The molecule has 0 atom stereocenters. The number of para-hydroxylation sites is 1. The van der Waals surface area contributed by atoms with Gasteiger partial charge >= 0.3 is 0 Å². The Labute approximate surface area is 128 Å². The highest BCUT2D eigenvalue weighted by atomic mass is 15.1. The Kier molecular flexibility index (Phi) is 5.34. The zero-order chi connectivity index (χ0) is 15.2. The van der Waals surface area contributed by atoms with E-state index in [9.17, 15) is 0 Å². The van der Waals surface area contributed by atoms with Gasteiger partial charge in [-0.2, -0.15) is 0 Å². The fourth-order valence-corrected chi connectivity index (χ4v) is 2.38. The molecular weight excluding hydrogens is 258 g/mol. The Balaban J connectivity index is 2.37. The fraction of sp³-hybridized carbons (Fsp3) is 0.389. The summed E-state index contributed by atoms with van der Waals surface area (Å²) in [6, 6.07) is 13.2. The number of aromatic nitrogens is 1. The van der Waals surface area contributed by atoms with Gasteiger partial charge in [0.25, 0.3) is 0 Å². The number of anilines is 2. The van der Waals surface area contributed by atoms with Crippen molar-refractivity contribution in [2.75, 3.05) is 11.4 Å². The number of rotatable bonds is 6. The number of pyridine rings is 1. The van der Waals surface area contributed by atoms with Gasteiger partial charge in [0.15, 0.2) is 0 Å². The van der Waals surface area contributed by atoms with Gasteiger partial charge in [0.1, 0.15) is 0 Å². The summed E-state index contributed by atoms with van der Waals surface area (Å²) in [5.74, 6) is 0. The molecule has 112 valence electrons. The summed E-state index contributed by atoms with van der Waals surface area (Å²) in [6.45, 7) is 10.3. The van der Waals surface area contributed by atoms with Crippen LogP contribution in [0.4, 0.5) is 11.4 Å². The van der Waals surface area contributed by atoms with Crippen molar-refractivity contribution in [1.29, 1.82) is 0 Å². The summed E-state index contributed by atoms with van der Waals surface area (Å²) in [5, 5.41) is 3.49. The summed E-state index contributed by atoms with van der Waals surface area (Å²) in [4.78, 5) is 6.80. The fourth-order valence-electron chi connectivity index (χ4n) is 2.38. The van der Waals surface area contributed by atoms with E-state index in [2.05, 4.69) is 72.4 Å². The van der Waals surface area contributed by atoms with Gasteiger partial charge in [0.2, 0.25) is 0 Å². The maximum Gasteiger partial charge on any atom is 0.0489 e. The van der Waals surface area contributed by atoms with Gasteiger partial charge in [-0.1, -0.05) is 32.0 Å². The molecule has 0 radical (unpaired) electrons. The highest BCUT2D eigenvalue weighted by molar-refractivity contribution is 5.66. The second-order valence-electron chi connectivity index (χ2n) is 5.57. The summed E-state index contributed by atoms with van der Waals surface area (Å²) >= 11 is 0. The van der Waals surface area contributed by atoms with Gasteiger partial charge in [0.05, 0.1) is 0 Å². The largest absolute Gasteiger partial charge is 0.341 e. The first-order valence-electron chi connectivity index (χ1n) is 7.63. The molecule has 21 heavy (non-hydrogen) atoms. The normalized spacial score (nSPS) is 10.9. The van der Waals surface area contributed by atoms with Crippen LogP contribution in [-0.4, -0.2) is 17.6 Å². The first-order valence-corrected chi connectivity index (χ1v) is 7.63. The molecule has 0 bridgehead atoms. The number of hydrogen-bond acceptors (Lipinski definition) is 3. The molecule has 0 saturated heterocycles. The lowest BCUT2D eigenvalue weighted by atomic mass is 10.1. The summed E-state index contributed by atoms with van der Waals surface area (Å²) < 4.78 is 0. The second kappa shape index (κ2) is 7.23. The molecule has 2 rings (SSSR count). The predicted octanol–water partition coefficient (Wildman–Crippen LogP) is 4.05. The summed E-state index contributed by atoms with van der Waals surface area (Å²) in [6.07, 6.45) is 1.99. The van der Waals surface area contributed by atoms with E-state index < -0.39 is 0 Å². The predicted molar refractivity (Wildman–Crippen MR) is 90.1 cm³/mol. The van der Waals surface area contributed by atoms with Crippen molar-refractivity contribution in [3.63, 3.8) is 0 Å². The maximum atomic E-state index is 4.46. The minimum atomic E-state index is 0.464. The number of aryl methyl sites for hydroxylation is 1. The molecule has 3 nitrogen and oxygen atoms in total. The number of nitrogens with one attached hydrogen (secondary N) is 1. The van der Waals surface area contributed by atoms with E-state index in [4.69, 9.17) is 0 Å². The molecule has 1 aromatic carbocycles. The minimum Gasteiger partial charge on any atom is -0.341 e. The smallest absolute Gasteiger partial charge is 0.0489 e. The number of nitrogens with zero attached hydrogens (tertiary/aromatic N) is 2. The van der Waals surface area contributed by atoms with Crippen LogP contribution in [0.5, 0.6) is 0 Å². The van der Waals surface area contributed by atoms with Crippen molar-refractivity contribution in [1.82, 2.24) is 10.3 Å². The Bertz CT molecular complexity index is 564. The molecule has 1 N–H and O–H groups in total. The van der Waals surface area contributed by atoms with Crippen molar-refractivity contribution in [2.45, 2.75) is 40.3 Å². The van der Waals surface area contributed by atoms with E-state index >= 15 is 0 Å².